The van der Waals surface area contributed by atoms with Crippen LogP contribution in [0.1, 0.15) is 48.5 Å². The van der Waals surface area contributed by atoms with Gasteiger partial charge in [-0.3, -0.25) is 9.59 Å². The minimum atomic E-state index is -0.273. The summed E-state index contributed by atoms with van der Waals surface area (Å²) in [7, 11) is 1.71. The first kappa shape index (κ1) is 17.7. The second kappa shape index (κ2) is 5.82. The van der Waals surface area contributed by atoms with E-state index in [0.717, 1.165) is 0 Å². The number of nitrogens with zero attached hydrogens (tertiary/aromatic N) is 1. The molecule has 4 nitrogen and oxygen atoms in total. The van der Waals surface area contributed by atoms with E-state index in [1.54, 1.807) is 11.9 Å². The maximum Gasteiger partial charge on any atom is 0.240 e. The van der Waals surface area contributed by atoms with E-state index in [9.17, 15) is 9.59 Å². The summed E-state index contributed by atoms with van der Waals surface area (Å²) in [6.07, 6.45) is 2.17. The number of likely N-dealkylation sites (N-methyl/N-ethyl adjacent to an activating group) is 1. The van der Waals surface area contributed by atoms with Crippen LogP contribution < -0.4 is 5.32 Å². The number of carbonyl (C=O) groups is 2. The zero-order valence-corrected chi connectivity index (χ0v) is 14.7. The van der Waals surface area contributed by atoms with Gasteiger partial charge in [0.25, 0.3) is 0 Å². The van der Waals surface area contributed by atoms with Crippen LogP contribution in [0.2, 0.25) is 0 Å². The number of hydrogen-bond donors (Lipinski definition) is 1. The molecule has 0 aromatic rings. The lowest BCUT2D eigenvalue weighted by Gasteiger charge is -2.23. The first-order valence-electron chi connectivity index (χ1n) is 7.57. The molecule has 0 aliphatic heterocycles. The first-order chi connectivity index (χ1) is 9.36. The molecular weight excluding hydrogens is 264 g/mol. The van der Waals surface area contributed by atoms with E-state index in [4.69, 9.17) is 0 Å². The number of allylic oxidation sites excluding steroid dienone is 2. The second-order valence-electron chi connectivity index (χ2n) is 8.06. The first-order valence-corrected chi connectivity index (χ1v) is 7.57. The zero-order chi connectivity index (χ0) is 16.6. The van der Waals surface area contributed by atoms with Crippen molar-refractivity contribution in [2.24, 2.45) is 17.3 Å². The van der Waals surface area contributed by atoms with Crippen LogP contribution in [0, 0.1) is 17.3 Å². The quantitative estimate of drug-likeness (QED) is 0.810. The van der Waals surface area contributed by atoms with Crippen LogP contribution in [0.15, 0.2) is 11.6 Å². The van der Waals surface area contributed by atoms with Gasteiger partial charge in [-0.25, -0.2) is 0 Å². The van der Waals surface area contributed by atoms with E-state index in [0.29, 0.717) is 0 Å². The molecule has 2 atom stereocenters. The Hall–Kier alpha value is -1.32. The van der Waals surface area contributed by atoms with E-state index in [2.05, 4.69) is 39.1 Å². The summed E-state index contributed by atoms with van der Waals surface area (Å²) < 4.78 is 0. The van der Waals surface area contributed by atoms with Crippen LogP contribution in [-0.2, 0) is 9.59 Å². The maximum absolute atomic E-state index is 12.5. The lowest BCUT2D eigenvalue weighted by Crippen LogP contribution is -2.46. The van der Waals surface area contributed by atoms with Crippen molar-refractivity contribution in [2.45, 2.75) is 54.0 Å². The number of carbonyl (C=O) groups excluding carboxylic acids is 2. The lowest BCUT2D eigenvalue weighted by atomic mass is 10.1. The van der Waals surface area contributed by atoms with Crippen molar-refractivity contribution in [3.63, 3.8) is 0 Å². The molecule has 0 bridgehead atoms. The molecule has 1 aliphatic rings. The molecule has 0 aromatic carbocycles. The van der Waals surface area contributed by atoms with Crippen LogP contribution in [-0.4, -0.2) is 35.8 Å². The average Bonchev–Trinajstić information content (AvgIpc) is 2.75. The van der Waals surface area contributed by atoms with Crippen LogP contribution >= 0.6 is 0 Å². The molecule has 0 spiro atoms. The molecule has 2 unspecified atom stereocenters. The van der Waals surface area contributed by atoms with Gasteiger partial charge in [0.2, 0.25) is 11.8 Å². The molecule has 1 N–H and O–H groups in total. The molecule has 1 aliphatic carbocycles. The highest BCUT2D eigenvalue weighted by molar-refractivity contribution is 5.88. The molecule has 0 aromatic heterocycles. The molecular formula is C17H30N2O2. The van der Waals surface area contributed by atoms with Crippen LogP contribution in [0.25, 0.3) is 0 Å². The normalized spacial score (nSPS) is 23.2. The molecule has 2 amide bonds. The van der Waals surface area contributed by atoms with Crippen molar-refractivity contribution in [2.75, 3.05) is 13.6 Å². The van der Waals surface area contributed by atoms with Crippen molar-refractivity contribution in [1.82, 2.24) is 10.2 Å². The van der Waals surface area contributed by atoms with Gasteiger partial charge in [-0.2, -0.15) is 0 Å². The predicted molar refractivity (Wildman–Crippen MR) is 85.7 cm³/mol. The van der Waals surface area contributed by atoms with Gasteiger partial charge >= 0.3 is 0 Å². The fourth-order valence-corrected chi connectivity index (χ4v) is 2.81. The number of rotatable bonds is 4. The topological polar surface area (TPSA) is 49.4 Å². The van der Waals surface area contributed by atoms with Gasteiger partial charge in [0.15, 0.2) is 0 Å². The summed E-state index contributed by atoms with van der Waals surface area (Å²) in [6, 6.07) is 0. The Labute approximate surface area is 129 Å². The number of hydrogen-bond acceptors (Lipinski definition) is 2. The monoisotopic (exact) mass is 294 g/mol. The smallest absolute Gasteiger partial charge is 0.240 e. The van der Waals surface area contributed by atoms with Gasteiger partial charge in [0.05, 0.1) is 12.5 Å². The third kappa shape index (κ3) is 4.58. The summed E-state index contributed by atoms with van der Waals surface area (Å²) in [5.74, 6) is 0.213. The van der Waals surface area contributed by atoms with E-state index < -0.39 is 0 Å². The van der Waals surface area contributed by atoms with Crippen LogP contribution in [0.5, 0.6) is 0 Å². The molecule has 21 heavy (non-hydrogen) atoms. The number of amides is 2. The van der Waals surface area contributed by atoms with Crippen LogP contribution in [0.4, 0.5) is 0 Å². The summed E-state index contributed by atoms with van der Waals surface area (Å²) in [6.45, 7) is 14.2. The van der Waals surface area contributed by atoms with Gasteiger partial charge in [-0.1, -0.05) is 25.5 Å². The molecule has 0 radical (unpaired) electrons. The Morgan fingerprint density at radius 3 is 2.19 bits per heavy atom. The summed E-state index contributed by atoms with van der Waals surface area (Å²) >= 11 is 0. The minimum Gasteiger partial charge on any atom is -0.350 e. The van der Waals surface area contributed by atoms with E-state index in [1.165, 1.54) is 5.57 Å². The van der Waals surface area contributed by atoms with Crippen molar-refractivity contribution < 1.29 is 9.59 Å². The molecule has 1 saturated carbocycles. The van der Waals surface area contributed by atoms with E-state index in [-0.39, 0.29) is 41.1 Å². The van der Waals surface area contributed by atoms with Gasteiger partial charge in [-0.05, 0) is 46.0 Å². The second-order valence-corrected chi connectivity index (χ2v) is 8.06. The summed E-state index contributed by atoms with van der Waals surface area (Å²) in [4.78, 5) is 26.0. The van der Waals surface area contributed by atoms with Gasteiger partial charge in [0.1, 0.15) is 0 Å². The Morgan fingerprint density at radius 1 is 1.24 bits per heavy atom. The predicted octanol–water partition coefficient (Wildman–Crippen LogP) is 2.60. The molecule has 1 rings (SSSR count). The molecule has 0 saturated heterocycles. The third-order valence-corrected chi connectivity index (χ3v) is 3.96. The highest BCUT2D eigenvalue weighted by Crippen LogP contribution is 2.59. The molecule has 0 heterocycles. The van der Waals surface area contributed by atoms with Crippen molar-refractivity contribution >= 4 is 11.8 Å². The highest BCUT2D eigenvalue weighted by Gasteiger charge is 2.61. The standard InChI is InChI=1S/C17H30N2O2/c1-11(2)9-12-14(17(12,6)7)15(21)19(8)10-13(20)18-16(3,4)5/h9,12,14H,10H2,1-8H3,(H,18,20). The Morgan fingerprint density at radius 2 is 1.76 bits per heavy atom. The van der Waals surface area contributed by atoms with Crippen molar-refractivity contribution in [3.8, 4) is 0 Å². The zero-order valence-electron chi connectivity index (χ0n) is 14.7. The van der Waals surface area contributed by atoms with Gasteiger partial charge in [0, 0.05) is 12.6 Å². The van der Waals surface area contributed by atoms with Crippen molar-refractivity contribution in [1.29, 1.82) is 0 Å². The lowest BCUT2D eigenvalue weighted by molar-refractivity contribution is -0.136. The molecule has 120 valence electrons. The van der Waals surface area contributed by atoms with Crippen LogP contribution in [0.3, 0.4) is 0 Å². The maximum atomic E-state index is 12.5. The van der Waals surface area contributed by atoms with Gasteiger partial charge in [-0.15, -0.1) is 0 Å². The molecule has 4 heteroatoms. The average molecular weight is 294 g/mol. The minimum absolute atomic E-state index is 0.0108. The largest absolute Gasteiger partial charge is 0.350 e. The van der Waals surface area contributed by atoms with Gasteiger partial charge < -0.3 is 10.2 Å². The Bertz CT molecular complexity index is 454. The van der Waals surface area contributed by atoms with E-state index >= 15 is 0 Å². The summed E-state index contributed by atoms with van der Waals surface area (Å²) in [5, 5.41) is 2.88. The summed E-state index contributed by atoms with van der Waals surface area (Å²) in [5.41, 5.74) is 0.949. The molecule has 1 fully saturated rings. The Kier molecular flexibility index (Phi) is 4.91. The van der Waals surface area contributed by atoms with Crippen molar-refractivity contribution in [3.05, 3.63) is 11.6 Å². The SMILES string of the molecule is CC(C)=CC1C(C(=O)N(C)CC(=O)NC(C)(C)C)C1(C)C. The highest BCUT2D eigenvalue weighted by atomic mass is 16.2. The third-order valence-electron chi connectivity index (χ3n) is 3.96. The van der Waals surface area contributed by atoms with E-state index in [1.807, 2.05) is 20.8 Å². The fraction of sp³-hybridized carbons (Fsp3) is 0.765. The Balaban J connectivity index is 2.64. The number of nitrogens with one attached hydrogen (secondary N) is 1. The fourth-order valence-electron chi connectivity index (χ4n) is 2.81.